The van der Waals surface area contributed by atoms with E-state index in [1.54, 1.807) is 18.3 Å². The van der Waals surface area contributed by atoms with Crippen LogP contribution < -0.4 is 14.8 Å². The van der Waals surface area contributed by atoms with E-state index in [0.717, 1.165) is 13.1 Å². The van der Waals surface area contributed by atoms with Crippen molar-refractivity contribution >= 4 is 5.78 Å². The molecule has 1 N–H and O–H groups in total. The van der Waals surface area contributed by atoms with Crippen LogP contribution in [0.15, 0.2) is 18.3 Å². The summed E-state index contributed by atoms with van der Waals surface area (Å²) in [6.07, 6.45) is 1.62. The van der Waals surface area contributed by atoms with E-state index < -0.39 is 0 Å². The van der Waals surface area contributed by atoms with Crippen LogP contribution in [-0.4, -0.2) is 36.6 Å². The van der Waals surface area contributed by atoms with Crippen molar-refractivity contribution in [1.82, 2.24) is 10.3 Å². The minimum absolute atomic E-state index is 0.0162. The van der Waals surface area contributed by atoms with Crippen LogP contribution in [0.2, 0.25) is 0 Å². The van der Waals surface area contributed by atoms with E-state index in [0.29, 0.717) is 11.6 Å². The maximum atomic E-state index is 11.5. The smallest absolute Gasteiger partial charge is 0.213 e. The number of ether oxygens (including phenoxy) is 2. The highest BCUT2D eigenvalue weighted by atomic mass is 16.5. The van der Waals surface area contributed by atoms with Crippen molar-refractivity contribution in [2.45, 2.75) is 33.8 Å². The average Bonchev–Trinajstić information content (AvgIpc) is 2.43. The summed E-state index contributed by atoms with van der Waals surface area (Å²) < 4.78 is 11.0. The van der Waals surface area contributed by atoms with Gasteiger partial charge in [-0.3, -0.25) is 4.79 Å². The van der Waals surface area contributed by atoms with Crippen LogP contribution in [0.25, 0.3) is 0 Å². The van der Waals surface area contributed by atoms with Gasteiger partial charge in [0.15, 0.2) is 5.78 Å². The molecule has 0 aliphatic heterocycles. The van der Waals surface area contributed by atoms with Gasteiger partial charge in [-0.15, -0.1) is 0 Å². The molecule has 1 heterocycles. The van der Waals surface area contributed by atoms with Gasteiger partial charge in [-0.05, 0) is 19.5 Å². The molecule has 0 bridgehead atoms. The predicted octanol–water partition coefficient (Wildman–Crippen LogP) is 2.06. The maximum absolute atomic E-state index is 11.5. The summed E-state index contributed by atoms with van der Waals surface area (Å²) in [7, 11) is 0. The summed E-state index contributed by atoms with van der Waals surface area (Å²) in [6.45, 7) is 9.51. The van der Waals surface area contributed by atoms with Gasteiger partial charge < -0.3 is 14.8 Å². The monoisotopic (exact) mass is 280 g/mol. The lowest BCUT2D eigenvalue weighted by molar-refractivity contribution is -0.123. The van der Waals surface area contributed by atoms with Crippen molar-refractivity contribution in [3.05, 3.63) is 18.3 Å². The molecule has 0 unspecified atom stereocenters. The molecule has 0 fully saturated rings. The Hall–Kier alpha value is -1.62. The van der Waals surface area contributed by atoms with Gasteiger partial charge in [-0.2, -0.15) is 0 Å². The van der Waals surface area contributed by atoms with E-state index in [1.807, 2.05) is 20.8 Å². The number of hydrogen-bond donors (Lipinski definition) is 1. The molecular weight excluding hydrogens is 256 g/mol. The molecule has 112 valence electrons. The zero-order valence-corrected chi connectivity index (χ0v) is 12.7. The summed E-state index contributed by atoms with van der Waals surface area (Å²) in [5.41, 5.74) is 0. The van der Waals surface area contributed by atoms with Gasteiger partial charge in [0.2, 0.25) is 5.88 Å². The fourth-order valence-electron chi connectivity index (χ4n) is 1.44. The lowest BCUT2D eigenvalue weighted by Gasteiger charge is -2.14. The second kappa shape index (κ2) is 8.53. The number of nitrogens with zero attached hydrogens (tertiary/aromatic N) is 1. The highest BCUT2D eigenvalue weighted by molar-refractivity contribution is 5.81. The standard InChI is InChI=1S/C15H24N2O3/c1-5-16-8-12(4)20-15-7-6-13(9-17-15)19-10-14(18)11(2)3/h6-7,9,11-12,16H,5,8,10H2,1-4H3/t12-/m1/s1. The van der Waals surface area contributed by atoms with E-state index in [2.05, 4.69) is 17.2 Å². The highest BCUT2D eigenvalue weighted by Gasteiger charge is 2.08. The molecule has 0 saturated carbocycles. The molecule has 1 rings (SSSR count). The van der Waals surface area contributed by atoms with Gasteiger partial charge in [0, 0.05) is 18.5 Å². The first kappa shape index (κ1) is 16.4. The van der Waals surface area contributed by atoms with Crippen LogP contribution in [-0.2, 0) is 4.79 Å². The summed E-state index contributed by atoms with van der Waals surface area (Å²) in [4.78, 5) is 15.6. The van der Waals surface area contributed by atoms with Crippen LogP contribution in [0.5, 0.6) is 11.6 Å². The molecule has 0 aliphatic carbocycles. The fourth-order valence-corrected chi connectivity index (χ4v) is 1.44. The van der Waals surface area contributed by atoms with Crippen molar-refractivity contribution in [2.75, 3.05) is 19.7 Å². The van der Waals surface area contributed by atoms with Crippen molar-refractivity contribution in [3.8, 4) is 11.6 Å². The lowest BCUT2D eigenvalue weighted by atomic mass is 10.1. The molecule has 0 saturated heterocycles. The van der Waals surface area contributed by atoms with Crippen LogP contribution in [0.1, 0.15) is 27.7 Å². The van der Waals surface area contributed by atoms with Gasteiger partial charge in [-0.1, -0.05) is 20.8 Å². The number of likely N-dealkylation sites (N-methyl/N-ethyl adjacent to an activating group) is 1. The second-order valence-corrected chi connectivity index (χ2v) is 4.98. The molecule has 20 heavy (non-hydrogen) atoms. The molecule has 0 aliphatic rings. The molecule has 5 heteroatoms. The maximum Gasteiger partial charge on any atom is 0.213 e. The van der Waals surface area contributed by atoms with Gasteiger partial charge in [0.05, 0.1) is 6.20 Å². The highest BCUT2D eigenvalue weighted by Crippen LogP contribution is 2.15. The fraction of sp³-hybridized carbons (Fsp3) is 0.600. The first-order valence-electron chi connectivity index (χ1n) is 7.01. The van der Waals surface area contributed by atoms with Gasteiger partial charge in [-0.25, -0.2) is 4.98 Å². The predicted molar refractivity (Wildman–Crippen MR) is 78.2 cm³/mol. The Kier molecular flexibility index (Phi) is 7.01. The van der Waals surface area contributed by atoms with Crippen molar-refractivity contribution in [2.24, 2.45) is 5.92 Å². The molecule has 1 aromatic rings. The largest absolute Gasteiger partial charge is 0.484 e. The molecule has 5 nitrogen and oxygen atoms in total. The number of nitrogens with one attached hydrogen (secondary N) is 1. The molecule has 1 atom stereocenters. The Morgan fingerprint density at radius 2 is 2.10 bits per heavy atom. The zero-order chi connectivity index (χ0) is 15.0. The van der Waals surface area contributed by atoms with Crippen LogP contribution in [0.3, 0.4) is 0 Å². The average molecular weight is 280 g/mol. The number of aromatic nitrogens is 1. The topological polar surface area (TPSA) is 60.5 Å². The number of ketones is 1. The molecular formula is C15H24N2O3. The molecule has 0 aromatic carbocycles. The van der Waals surface area contributed by atoms with E-state index in [4.69, 9.17) is 9.47 Å². The SMILES string of the molecule is CCNC[C@@H](C)Oc1ccc(OCC(=O)C(C)C)cn1. The van der Waals surface area contributed by atoms with E-state index >= 15 is 0 Å². The Morgan fingerprint density at radius 1 is 1.35 bits per heavy atom. The van der Waals surface area contributed by atoms with Crippen LogP contribution >= 0.6 is 0 Å². The number of Topliss-reactive ketones (excluding diaryl/α,β-unsaturated/α-hetero) is 1. The Bertz CT molecular complexity index is 404. The third-order valence-electron chi connectivity index (χ3n) is 2.74. The summed E-state index contributed by atoms with van der Waals surface area (Å²) in [5, 5.41) is 3.21. The van der Waals surface area contributed by atoms with Crippen molar-refractivity contribution in [3.63, 3.8) is 0 Å². The number of carbonyl (C=O) groups excluding carboxylic acids is 1. The van der Waals surface area contributed by atoms with Gasteiger partial charge >= 0.3 is 0 Å². The number of pyridine rings is 1. The van der Waals surface area contributed by atoms with E-state index in [9.17, 15) is 4.79 Å². The molecule has 1 aromatic heterocycles. The number of hydrogen-bond acceptors (Lipinski definition) is 5. The number of rotatable bonds is 9. The molecule has 0 amide bonds. The first-order chi connectivity index (χ1) is 9.52. The van der Waals surface area contributed by atoms with Crippen molar-refractivity contribution < 1.29 is 14.3 Å². The number of carbonyl (C=O) groups is 1. The van der Waals surface area contributed by atoms with E-state index in [1.165, 1.54) is 0 Å². The Balaban J connectivity index is 2.42. The van der Waals surface area contributed by atoms with Gasteiger partial charge in [0.25, 0.3) is 0 Å². The quantitative estimate of drug-likeness (QED) is 0.750. The summed E-state index contributed by atoms with van der Waals surface area (Å²) in [5.74, 6) is 1.19. The molecule has 0 spiro atoms. The third kappa shape index (κ3) is 6.02. The third-order valence-corrected chi connectivity index (χ3v) is 2.74. The van der Waals surface area contributed by atoms with E-state index in [-0.39, 0.29) is 24.4 Å². The Morgan fingerprint density at radius 3 is 2.65 bits per heavy atom. The van der Waals surface area contributed by atoms with Crippen LogP contribution in [0, 0.1) is 5.92 Å². The first-order valence-corrected chi connectivity index (χ1v) is 7.01. The zero-order valence-electron chi connectivity index (χ0n) is 12.7. The normalized spacial score (nSPS) is 12.2. The van der Waals surface area contributed by atoms with Crippen LogP contribution in [0.4, 0.5) is 0 Å². The van der Waals surface area contributed by atoms with Crippen molar-refractivity contribution in [1.29, 1.82) is 0 Å². The summed E-state index contributed by atoms with van der Waals surface area (Å²) in [6, 6.07) is 3.51. The second-order valence-electron chi connectivity index (χ2n) is 4.98. The summed E-state index contributed by atoms with van der Waals surface area (Å²) >= 11 is 0. The minimum atomic E-state index is -0.0162. The Labute approximate surface area is 120 Å². The minimum Gasteiger partial charge on any atom is -0.484 e. The lowest BCUT2D eigenvalue weighted by Crippen LogP contribution is -2.28. The molecule has 0 radical (unpaired) electrons. The van der Waals surface area contributed by atoms with Gasteiger partial charge in [0.1, 0.15) is 18.5 Å².